The number of sulfonamides is 1. The smallest absolute Gasteiger partial charge is 0.322 e. The van der Waals surface area contributed by atoms with Crippen molar-refractivity contribution < 1.29 is 27.8 Å². The van der Waals surface area contributed by atoms with Gasteiger partial charge in [0.15, 0.2) is 0 Å². The first kappa shape index (κ1) is 16.9. The third kappa shape index (κ3) is 4.51. The highest BCUT2D eigenvalue weighted by Crippen LogP contribution is 2.14. The average Bonchev–Trinajstić information content (AvgIpc) is 2.48. The van der Waals surface area contributed by atoms with Crippen molar-refractivity contribution in [1.29, 1.82) is 0 Å². The summed E-state index contributed by atoms with van der Waals surface area (Å²) in [5.74, 6) is -2.09. The maximum Gasteiger partial charge on any atom is 0.322 e. The number of aliphatic carboxylic acids is 1. The minimum absolute atomic E-state index is 0.0148. The zero-order valence-corrected chi connectivity index (χ0v) is 12.6. The normalized spacial score (nSPS) is 12.7. The Hall–Kier alpha value is -2.45. The molecule has 8 heteroatoms. The van der Waals surface area contributed by atoms with Crippen molar-refractivity contribution in [3.8, 4) is 5.75 Å². The lowest BCUT2D eigenvalue weighted by Crippen LogP contribution is -2.42. The Morgan fingerprint density at radius 2 is 1.83 bits per heavy atom. The third-order valence-electron chi connectivity index (χ3n) is 3.08. The van der Waals surface area contributed by atoms with Gasteiger partial charge in [-0.25, -0.2) is 12.8 Å². The molecule has 122 valence electrons. The molecule has 0 aliphatic rings. The topological polar surface area (TPSA) is 104 Å². The standard InChI is InChI=1S/C15H14FNO5S/c16-11-2-1-3-13(9-11)23(21,22)17-14(15(19)20)8-10-4-6-12(18)7-5-10/h1-7,9,14,17-18H,8H2,(H,19,20)/t14-/m0/s1. The molecule has 1 atom stereocenters. The predicted octanol–water partition coefficient (Wildman–Crippen LogP) is 1.51. The van der Waals surface area contributed by atoms with E-state index in [1.807, 2.05) is 4.72 Å². The van der Waals surface area contributed by atoms with Crippen molar-refractivity contribution in [2.75, 3.05) is 0 Å². The molecule has 6 nitrogen and oxygen atoms in total. The van der Waals surface area contributed by atoms with Gasteiger partial charge in [0.1, 0.15) is 17.6 Å². The van der Waals surface area contributed by atoms with Gasteiger partial charge in [0.2, 0.25) is 10.0 Å². The molecule has 0 fully saturated rings. The second-order valence-electron chi connectivity index (χ2n) is 4.84. The first-order valence-electron chi connectivity index (χ1n) is 6.56. The van der Waals surface area contributed by atoms with E-state index in [0.29, 0.717) is 5.56 Å². The summed E-state index contributed by atoms with van der Waals surface area (Å²) in [7, 11) is -4.18. The number of benzene rings is 2. The molecule has 0 unspecified atom stereocenters. The summed E-state index contributed by atoms with van der Waals surface area (Å²) in [6, 6.07) is 8.58. The van der Waals surface area contributed by atoms with Gasteiger partial charge in [-0.15, -0.1) is 0 Å². The van der Waals surface area contributed by atoms with Gasteiger partial charge < -0.3 is 10.2 Å². The summed E-state index contributed by atoms with van der Waals surface area (Å²) in [6.07, 6.45) is -0.121. The van der Waals surface area contributed by atoms with Crippen LogP contribution >= 0.6 is 0 Å². The van der Waals surface area contributed by atoms with Crippen molar-refractivity contribution in [2.45, 2.75) is 17.4 Å². The highest BCUT2D eigenvalue weighted by molar-refractivity contribution is 7.89. The van der Waals surface area contributed by atoms with E-state index < -0.39 is 27.9 Å². The van der Waals surface area contributed by atoms with Gasteiger partial charge in [0.25, 0.3) is 0 Å². The van der Waals surface area contributed by atoms with Gasteiger partial charge in [-0.2, -0.15) is 4.72 Å². The number of phenols is 1. The van der Waals surface area contributed by atoms with Crippen molar-refractivity contribution in [1.82, 2.24) is 4.72 Å². The second kappa shape index (κ2) is 6.76. The van der Waals surface area contributed by atoms with Crippen LogP contribution in [0.4, 0.5) is 4.39 Å². The molecule has 0 saturated heterocycles. The number of nitrogens with one attached hydrogen (secondary N) is 1. The van der Waals surface area contributed by atoms with Crippen LogP contribution < -0.4 is 4.72 Å². The van der Waals surface area contributed by atoms with Crippen molar-refractivity contribution >= 4 is 16.0 Å². The van der Waals surface area contributed by atoms with Crippen LogP contribution in [0.2, 0.25) is 0 Å². The monoisotopic (exact) mass is 339 g/mol. The molecule has 2 aromatic rings. The van der Waals surface area contributed by atoms with Crippen molar-refractivity contribution in [3.63, 3.8) is 0 Å². The van der Waals surface area contributed by atoms with E-state index in [0.717, 1.165) is 12.1 Å². The van der Waals surface area contributed by atoms with Crippen LogP contribution in [0.15, 0.2) is 53.4 Å². The molecule has 23 heavy (non-hydrogen) atoms. The third-order valence-corrected chi connectivity index (χ3v) is 4.55. The van der Waals surface area contributed by atoms with Crippen LogP contribution in [-0.2, 0) is 21.2 Å². The van der Waals surface area contributed by atoms with Crippen LogP contribution in [0.25, 0.3) is 0 Å². The molecule has 3 N–H and O–H groups in total. The van der Waals surface area contributed by atoms with Crippen LogP contribution in [-0.4, -0.2) is 30.6 Å². The minimum Gasteiger partial charge on any atom is -0.508 e. The molecule has 2 aromatic carbocycles. The fourth-order valence-electron chi connectivity index (χ4n) is 1.94. The fraction of sp³-hybridized carbons (Fsp3) is 0.133. The zero-order chi connectivity index (χ0) is 17.0. The fourth-order valence-corrected chi connectivity index (χ4v) is 3.16. The molecular formula is C15H14FNO5S. The number of aromatic hydroxyl groups is 1. The van der Waals surface area contributed by atoms with E-state index in [1.165, 1.54) is 36.4 Å². The lowest BCUT2D eigenvalue weighted by molar-refractivity contribution is -0.138. The maximum atomic E-state index is 13.1. The Kier molecular flexibility index (Phi) is 4.97. The van der Waals surface area contributed by atoms with Gasteiger partial charge in [-0.1, -0.05) is 18.2 Å². The summed E-state index contributed by atoms with van der Waals surface area (Å²) in [5.41, 5.74) is 0.525. The molecule has 0 saturated carbocycles. The van der Waals surface area contributed by atoms with Gasteiger partial charge in [0.05, 0.1) is 4.90 Å². The van der Waals surface area contributed by atoms with Crippen molar-refractivity contribution in [3.05, 3.63) is 59.9 Å². The number of rotatable bonds is 6. The van der Waals surface area contributed by atoms with Crippen LogP contribution in [0.1, 0.15) is 5.56 Å². The minimum atomic E-state index is -4.18. The van der Waals surface area contributed by atoms with E-state index in [4.69, 9.17) is 0 Å². The number of hydrogen-bond acceptors (Lipinski definition) is 4. The molecule has 0 bridgehead atoms. The molecule has 0 aliphatic heterocycles. The summed E-state index contributed by atoms with van der Waals surface area (Å²) in [6.45, 7) is 0. The Bertz CT molecular complexity index is 805. The molecule has 0 heterocycles. The van der Waals surface area contributed by atoms with Gasteiger partial charge in [0, 0.05) is 0 Å². The highest BCUT2D eigenvalue weighted by atomic mass is 32.2. The number of carbonyl (C=O) groups is 1. The van der Waals surface area contributed by atoms with E-state index in [2.05, 4.69) is 0 Å². The number of halogens is 1. The zero-order valence-electron chi connectivity index (χ0n) is 11.8. The molecule has 0 amide bonds. The number of hydrogen-bond donors (Lipinski definition) is 3. The van der Waals surface area contributed by atoms with Gasteiger partial charge in [-0.05, 0) is 42.3 Å². The van der Waals surface area contributed by atoms with E-state index in [1.54, 1.807) is 0 Å². The molecule has 0 radical (unpaired) electrons. The second-order valence-corrected chi connectivity index (χ2v) is 6.55. The first-order chi connectivity index (χ1) is 10.8. The average molecular weight is 339 g/mol. The Morgan fingerprint density at radius 3 is 2.39 bits per heavy atom. The molecule has 0 aromatic heterocycles. The summed E-state index contributed by atoms with van der Waals surface area (Å²) >= 11 is 0. The van der Waals surface area contributed by atoms with Crippen LogP contribution in [0, 0.1) is 5.82 Å². The number of carboxylic acid groups (broad SMARTS) is 1. The van der Waals surface area contributed by atoms with Crippen molar-refractivity contribution in [2.24, 2.45) is 0 Å². The highest BCUT2D eigenvalue weighted by Gasteiger charge is 2.25. The molecule has 0 aliphatic carbocycles. The van der Waals surface area contributed by atoms with E-state index in [9.17, 15) is 27.8 Å². The predicted molar refractivity (Wildman–Crippen MR) is 80.0 cm³/mol. The largest absolute Gasteiger partial charge is 0.508 e. The van der Waals surface area contributed by atoms with Crippen LogP contribution in [0.5, 0.6) is 5.75 Å². The SMILES string of the molecule is O=C(O)[C@H](Cc1ccc(O)cc1)NS(=O)(=O)c1cccc(F)c1. The van der Waals surface area contributed by atoms with E-state index >= 15 is 0 Å². The summed E-state index contributed by atoms with van der Waals surface area (Å²) in [5, 5.41) is 18.4. The Morgan fingerprint density at radius 1 is 1.17 bits per heavy atom. The first-order valence-corrected chi connectivity index (χ1v) is 8.05. The van der Waals surface area contributed by atoms with E-state index in [-0.39, 0.29) is 17.1 Å². The number of phenolic OH excluding ortho intramolecular Hbond substituents is 1. The summed E-state index contributed by atoms with van der Waals surface area (Å²) < 4.78 is 39.5. The lowest BCUT2D eigenvalue weighted by Gasteiger charge is -2.15. The van der Waals surface area contributed by atoms with Crippen LogP contribution in [0.3, 0.4) is 0 Å². The van der Waals surface area contributed by atoms with Gasteiger partial charge in [-0.3, -0.25) is 4.79 Å². The number of carboxylic acids is 1. The molecule has 2 rings (SSSR count). The van der Waals surface area contributed by atoms with Gasteiger partial charge >= 0.3 is 5.97 Å². The lowest BCUT2D eigenvalue weighted by atomic mass is 10.1. The molecular weight excluding hydrogens is 325 g/mol. The maximum absolute atomic E-state index is 13.1. The Balaban J connectivity index is 2.22. The quantitative estimate of drug-likeness (QED) is 0.740. The Labute approximate surface area is 132 Å². The molecule has 0 spiro atoms. The summed E-state index contributed by atoms with van der Waals surface area (Å²) in [4.78, 5) is 10.9.